The molecule has 4 nitrogen and oxygen atoms in total. The lowest BCUT2D eigenvalue weighted by Gasteiger charge is -2.05. The highest BCUT2D eigenvalue weighted by molar-refractivity contribution is 6.32. The van der Waals surface area contributed by atoms with Gasteiger partial charge in [-0.25, -0.2) is 0 Å². The molecule has 5 heteroatoms. The lowest BCUT2D eigenvalue weighted by atomic mass is 10.2. The van der Waals surface area contributed by atoms with Crippen molar-refractivity contribution in [2.75, 3.05) is 0 Å². The molecule has 17 heavy (non-hydrogen) atoms. The van der Waals surface area contributed by atoms with Gasteiger partial charge in [-0.3, -0.25) is 0 Å². The molecule has 1 aromatic heterocycles. The van der Waals surface area contributed by atoms with Crippen LogP contribution in [0.15, 0.2) is 28.8 Å². The quantitative estimate of drug-likeness (QED) is 0.838. The van der Waals surface area contributed by atoms with Crippen LogP contribution in [-0.4, -0.2) is 5.16 Å². The van der Waals surface area contributed by atoms with Crippen LogP contribution in [0.4, 0.5) is 0 Å². The Morgan fingerprint density at radius 2 is 2.29 bits per heavy atom. The Kier molecular flexibility index (Phi) is 3.31. The van der Waals surface area contributed by atoms with Gasteiger partial charge in [0.05, 0.1) is 16.7 Å². The third-order valence-corrected chi connectivity index (χ3v) is 2.41. The van der Waals surface area contributed by atoms with E-state index >= 15 is 0 Å². The number of hydrogen-bond acceptors (Lipinski definition) is 4. The highest BCUT2D eigenvalue weighted by Crippen LogP contribution is 2.25. The number of hydrogen-bond donors (Lipinski definition) is 0. The molecule has 0 N–H and O–H groups in total. The van der Waals surface area contributed by atoms with Crippen molar-refractivity contribution >= 4 is 11.6 Å². The molecule has 1 heterocycles. The van der Waals surface area contributed by atoms with Crippen molar-refractivity contribution in [1.82, 2.24) is 5.16 Å². The molecule has 2 rings (SSSR count). The van der Waals surface area contributed by atoms with Crippen LogP contribution in [0.5, 0.6) is 5.75 Å². The minimum Gasteiger partial charge on any atom is -0.486 e. The summed E-state index contributed by atoms with van der Waals surface area (Å²) in [6.45, 7) is 2.09. The van der Waals surface area contributed by atoms with Gasteiger partial charge in [-0.2, -0.15) is 5.26 Å². The lowest BCUT2D eigenvalue weighted by Crippen LogP contribution is -1.96. The number of benzene rings is 1. The van der Waals surface area contributed by atoms with Gasteiger partial charge in [0.2, 0.25) is 0 Å². The van der Waals surface area contributed by atoms with E-state index in [1.54, 1.807) is 24.3 Å². The molecule has 0 amide bonds. The molecule has 0 bridgehead atoms. The second-order valence-corrected chi connectivity index (χ2v) is 3.88. The van der Waals surface area contributed by atoms with Crippen LogP contribution in [-0.2, 0) is 6.61 Å². The summed E-state index contributed by atoms with van der Waals surface area (Å²) >= 11 is 5.96. The summed E-state index contributed by atoms with van der Waals surface area (Å²) < 4.78 is 10.4. The molecular formula is C12H9ClN2O2. The summed E-state index contributed by atoms with van der Waals surface area (Å²) in [6, 6.07) is 8.66. The molecular weight excluding hydrogens is 240 g/mol. The highest BCUT2D eigenvalue weighted by atomic mass is 35.5. The molecule has 0 fully saturated rings. The van der Waals surface area contributed by atoms with E-state index in [0.29, 0.717) is 22.0 Å². The first-order valence-corrected chi connectivity index (χ1v) is 5.31. The molecule has 0 radical (unpaired) electrons. The molecule has 0 saturated heterocycles. The zero-order chi connectivity index (χ0) is 12.3. The Labute approximate surface area is 103 Å². The van der Waals surface area contributed by atoms with Gasteiger partial charge in [0.1, 0.15) is 23.8 Å². The number of halogens is 1. The van der Waals surface area contributed by atoms with Crippen molar-refractivity contribution in [1.29, 1.82) is 5.26 Å². The fraction of sp³-hybridized carbons (Fsp3) is 0.167. The first kappa shape index (κ1) is 11.5. The number of nitriles is 1. The molecule has 0 saturated carbocycles. The van der Waals surface area contributed by atoms with E-state index in [1.165, 1.54) is 0 Å². The van der Waals surface area contributed by atoms with E-state index in [1.807, 2.05) is 13.0 Å². The third kappa shape index (κ3) is 2.77. The van der Waals surface area contributed by atoms with Crippen LogP contribution in [0.25, 0.3) is 0 Å². The topological polar surface area (TPSA) is 59.0 Å². The first-order chi connectivity index (χ1) is 8.19. The molecule has 1 aromatic carbocycles. The van der Waals surface area contributed by atoms with Crippen LogP contribution in [0.3, 0.4) is 0 Å². The first-order valence-electron chi connectivity index (χ1n) is 4.93. The number of ether oxygens (including phenoxy) is 1. The number of aromatic nitrogens is 1. The average molecular weight is 249 g/mol. The van der Waals surface area contributed by atoms with E-state index in [-0.39, 0.29) is 6.61 Å². The third-order valence-electron chi connectivity index (χ3n) is 2.11. The smallest absolute Gasteiger partial charge is 0.138 e. The predicted molar refractivity (Wildman–Crippen MR) is 61.7 cm³/mol. The van der Waals surface area contributed by atoms with Gasteiger partial charge in [0.25, 0.3) is 0 Å². The van der Waals surface area contributed by atoms with E-state index in [4.69, 9.17) is 26.1 Å². The Morgan fingerprint density at radius 3 is 2.88 bits per heavy atom. The maximum atomic E-state index is 8.69. The minimum absolute atomic E-state index is 0.281. The van der Waals surface area contributed by atoms with Crippen LogP contribution in [0, 0.1) is 18.3 Å². The van der Waals surface area contributed by atoms with E-state index < -0.39 is 0 Å². The SMILES string of the molecule is Cc1cc(COc2ccc(C#N)cc2Cl)no1. The van der Waals surface area contributed by atoms with Crippen molar-refractivity contribution in [3.8, 4) is 11.8 Å². The standard InChI is InChI=1S/C12H9ClN2O2/c1-8-4-10(15-17-8)7-16-12-3-2-9(6-14)5-11(12)13/h2-5H,7H2,1H3. The van der Waals surface area contributed by atoms with Crippen LogP contribution in [0.1, 0.15) is 17.0 Å². The Bertz CT molecular complexity index is 572. The number of rotatable bonds is 3. The summed E-state index contributed by atoms with van der Waals surface area (Å²) in [4.78, 5) is 0. The van der Waals surface area contributed by atoms with Gasteiger partial charge in [-0.15, -0.1) is 0 Å². The van der Waals surface area contributed by atoms with Crippen molar-refractivity contribution in [2.45, 2.75) is 13.5 Å². The highest BCUT2D eigenvalue weighted by Gasteiger charge is 2.05. The van der Waals surface area contributed by atoms with Crippen molar-refractivity contribution < 1.29 is 9.26 Å². The van der Waals surface area contributed by atoms with Gasteiger partial charge in [-0.05, 0) is 25.1 Å². The Balaban J connectivity index is 2.07. The van der Waals surface area contributed by atoms with Crippen molar-refractivity contribution in [3.05, 3.63) is 46.3 Å². The van der Waals surface area contributed by atoms with Gasteiger partial charge >= 0.3 is 0 Å². The second kappa shape index (κ2) is 4.89. The second-order valence-electron chi connectivity index (χ2n) is 3.47. The zero-order valence-electron chi connectivity index (χ0n) is 9.11. The maximum absolute atomic E-state index is 8.69. The fourth-order valence-electron chi connectivity index (χ4n) is 1.33. The Hall–Kier alpha value is -1.99. The normalized spacial score (nSPS) is 9.94. The summed E-state index contributed by atoms with van der Waals surface area (Å²) in [6.07, 6.45) is 0. The van der Waals surface area contributed by atoms with Crippen molar-refractivity contribution in [3.63, 3.8) is 0 Å². The summed E-state index contributed by atoms with van der Waals surface area (Å²) in [5, 5.41) is 12.9. The van der Waals surface area contributed by atoms with E-state index in [9.17, 15) is 0 Å². The van der Waals surface area contributed by atoms with Gasteiger partial charge < -0.3 is 9.26 Å². The number of aryl methyl sites for hydroxylation is 1. The molecule has 86 valence electrons. The largest absolute Gasteiger partial charge is 0.486 e. The molecule has 0 aliphatic heterocycles. The van der Waals surface area contributed by atoms with Crippen LogP contribution in [0.2, 0.25) is 5.02 Å². The maximum Gasteiger partial charge on any atom is 0.138 e. The summed E-state index contributed by atoms with van der Waals surface area (Å²) in [5.74, 6) is 1.25. The minimum atomic E-state index is 0.281. The number of nitrogens with zero attached hydrogens (tertiary/aromatic N) is 2. The monoisotopic (exact) mass is 248 g/mol. The molecule has 0 spiro atoms. The molecule has 0 aliphatic rings. The van der Waals surface area contributed by atoms with Gasteiger partial charge in [0, 0.05) is 6.07 Å². The average Bonchev–Trinajstić information content (AvgIpc) is 2.73. The van der Waals surface area contributed by atoms with Gasteiger partial charge in [-0.1, -0.05) is 16.8 Å². The molecule has 0 atom stereocenters. The Morgan fingerprint density at radius 1 is 1.47 bits per heavy atom. The van der Waals surface area contributed by atoms with E-state index in [0.717, 1.165) is 5.76 Å². The summed E-state index contributed by atoms with van der Waals surface area (Å²) in [5.41, 5.74) is 1.20. The van der Waals surface area contributed by atoms with Crippen LogP contribution >= 0.6 is 11.6 Å². The van der Waals surface area contributed by atoms with E-state index in [2.05, 4.69) is 5.16 Å². The predicted octanol–water partition coefficient (Wildman–Crippen LogP) is 3.09. The van der Waals surface area contributed by atoms with Gasteiger partial charge in [0.15, 0.2) is 0 Å². The molecule has 0 aliphatic carbocycles. The van der Waals surface area contributed by atoms with Crippen molar-refractivity contribution in [2.24, 2.45) is 0 Å². The molecule has 0 unspecified atom stereocenters. The summed E-state index contributed by atoms with van der Waals surface area (Å²) in [7, 11) is 0. The lowest BCUT2D eigenvalue weighted by molar-refractivity contribution is 0.288. The zero-order valence-corrected chi connectivity index (χ0v) is 9.86. The van der Waals surface area contributed by atoms with Crippen LogP contribution < -0.4 is 4.74 Å². The fourth-order valence-corrected chi connectivity index (χ4v) is 1.56. The molecule has 2 aromatic rings.